The smallest absolute Gasteiger partial charge is 0.366 e. The lowest BCUT2D eigenvalue weighted by molar-refractivity contribution is -0.138. The zero-order valence-electron chi connectivity index (χ0n) is 10.3. The van der Waals surface area contributed by atoms with Crippen LogP contribution in [0.3, 0.4) is 0 Å². The summed E-state index contributed by atoms with van der Waals surface area (Å²) in [6.07, 6.45) is -3.30. The van der Waals surface area contributed by atoms with Gasteiger partial charge in [-0.25, -0.2) is 0 Å². The lowest BCUT2D eigenvalue weighted by atomic mass is 9.85. The first-order chi connectivity index (χ1) is 8.91. The minimum atomic E-state index is -4.56. The molecule has 0 radical (unpaired) electrons. The highest BCUT2D eigenvalue weighted by atomic mass is 19.4. The molecule has 1 aromatic rings. The van der Waals surface area contributed by atoms with Gasteiger partial charge < -0.3 is 11.1 Å². The molecule has 0 spiro atoms. The summed E-state index contributed by atoms with van der Waals surface area (Å²) in [6.45, 7) is 1.37. The molecule has 2 rings (SSSR count). The average molecular weight is 272 g/mol. The van der Waals surface area contributed by atoms with Gasteiger partial charge in [-0.15, -0.1) is 0 Å². The number of nitrogens with two attached hydrogens (primary N) is 1. The van der Waals surface area contributed by atoms with Crippen LogP contribution in [0.4, 0.5) is 13.2 Å². The second-order valence-corrected chi connectivity index (χ2v) is 4.66. The monoisotopic (exact) mass is 272 g/mol. The number of hydrogen-bond donors (Lipinski definition) is 2. The van der Waals surface area contributed by atoms with E-state index in [-0.39, 0.29) is 11.5 Å². The van der Waals surface area contributed by atoms with Crippen molar-refractivity contribution in [3.05, 3.63) is 34.9 Å². The second kappa shape index (κ2) is 5.21. The number of piperidine rings is 1. The molecule has 3 N–H and O–H groups in total. The number of amides is 1. The van der Waals surface area contributed by atoms with Gasteiger partial charge >= 0.3 is 6.18 Å². The second-order valence-electron chi connectivity index (χ2n) is 4.66. The van der Waals surface area contributed by atoms with Gasteiger partial charge in [-0.1, -0.05) is 12.1 Å². The Balaban J connectivity index is 2.53. The molecule has 19 heavy (non-hydrogen) atoms. The molecule has 0 atom stereocenters. The molecule has 1 aliphatic rings. The van der Waals surface area contributed by atoms with E-state index in [0.29, 0.717) is 25.9 Å². The number of carbonyl (C=O) groups is 1. The summed E-state index contributed by atoms with van der Waals surface area (Å²) >= 11 is 0. The van der Waals surface area contributed by atoms with Crippen molar-refractivity contribution in [1.29, 1.82) is 0 Å². The van der Waals surface area contributed by atoms with E-state index in [1.165, 1.54) is 12.1 Å². The van der Waals surface area contributed by atoms with Crippen molar-refractivity contribution in [2.24, 2.45) is 5.73 Å². The number of benzene rings is 1. The molecule has 104 valence electrons. The summed E-state index contributed by atoms with van der Waals surface area (Å²) in [6, 6.07) is 4.05. The van der Waals surface area contributed by atoms with Gasteiger partial charge in [0.2, 0.25) is 5.91 Å². The van der Waals surface area contributed by atoms with Gasteiger partial charge in [-0.05, 0) is 43.5 Å². The Morgan fingerprint density at radius 1 is 1.26 bits per heavy atom. The molecule has 6 heteroatoms. The third-order valence-electron chi connectivity index (χ3n) is 3.42. The van der Waals surface area contributed by atoms with Crippen molar-refractivity contribution in [2.75, 3.05) is 13.1 Å². The summed E-state index contributed by atoms with van der Waals surface area (Å²) in [7, 11) is 0. The fourth-order valence-electron chi connectivity index (χ4n) is 2.57. The highest BCUT2D eigenvalue weighted by molar-refractivity contribution is 5.95. The van der Waals surface area contributed by atoms with Crippen molar-refractivity contribution in [3.63, 3.8) is 0 Å². The van der Waals surface area contributed by atoms with Crippen LogP contribution < -0.4 is 11.1 Å². The summed E-state index contributed by atoms with van der Waals surface area (Å²) in [4.78, 5) is 11.2. The lowest BCUT2D eigenvalue weighted by Gasteiger charge is -2.26. The lowest BCUT2D eigenvalue weighted by Crippen LogP contribution is -2.29. The molecular formula is C13H15F3N2O. The zero-order valence-corrected chi connectivity index (χ0v) is 10.3. The molecule has 0 saturated carbocycles. The molecule has 1 heterocycles. The minimum Gasteiger partial charge on any atom is -0.366 e. The molecule has 1 fully saturated rings. The summed E-state index contributed by atoms with van der Waals surface area (Å²) in [5.41, 5.74) is 3.94. The van der Waals surface area contributed by atoms with Crippen LogP contribution >= 0.6 is 0 Å². The van der Waals surface area contributed by atoms with Crippen LogP contribution in [0.1, 0.15) is 40.2 Å². The van der Waals surface area contributed by atoms with Gasteiger partial charge in [0, 0.05) is 0 Å². The van der Waals surface area contributed by atoms with E-state index in [0.717, 1.165) is 6.07 Å². The molecule has 1 aliphatic heterocycles. The highest BCUT2D eigenvalue weighted by Crippen LogP contribution is 2.39. The molecule has 1 aromatic carbocycles. The van der Waals surface area contributed by atoms with E-state index in [1.807, 2.05) is 0 Å². The number of alkyl halides is 3. The maximum atomic E-state index is 13.2. The molecule has 3 nitrogen and oxygen atoms in total. The molecule has 1 amide bonds. The Labute approximate surface area is 109 Å². The molecule has 0 aromatic heterocycles. The van der Waals surface area contributed by atoms with Crippen LogP contribution in [0.25, 0.3) is 0 Å². The Bertz CT molecular complexity index is 479. The molecular weight excluding hydrogens is 257 g/mol. The SMILES string of the molecule is NC(=O)c1cccc(C2CCNCC2)c1C(F)(F)F. The van der Waals surface area contributed by atoms with E-state index in [1.54, 1.807) is 0 Å². The van der Waals surface area contributed by atoms with Crippen LogP contribution in [0.2, 0.25) is 0 Å². The van der Waals surface area contributed by atoms with Crippen molar-refractivity contribution < 1.29 is 18.0 Å². The zero-order chi connectivity index (χ0) is 14.0. The van der Waals surface area contributed by atoms with Crippen molar-refractivity contribution in [1.82, 2.24) is 5.32 Å². The Kier molecular flexibility index (Phi) is 3.80. The van der Waals surface area contributed by atoms with Gasteiger partial charge in [0.25, 0.3) is 0 Å². The third kappa shape index (κ3) is 2.89. The number of nitrogens with one attached hydrogen (secondary N) is 1. The number of rotatable bonds is 2. The normalized spacial score (nSPS) is 17.4. The number of primary amides is 1. The minimum absolute atomic E-state index is 0.183. The number of halogens is 3. The largest absolute Gasteiger partial charge is 0.417 e. The van der Waals surface area contributed by atoms with Crippen molar-refractivity contribution in [2.45, 2.75) is 24.9 Å². The quantitative estimate of drug-likeness (QED) is 0.867. The standard InChI is InChI=1S/C13H15F3N2O/c14-13(15,16)11-9(8-4-6-18-7-5-8)2-1-3-10(11)12(17)19/h1-3,8,18H,4-7H2,(H2,17,19). The fourth-order valence-corrected chi connectivity index (χ4v) is 2.57. The molecule has 0 aliphatic carbocycles. The van der Waals surface area contributed by atoms with E-state index < -0.39 is 23.2 Å². The first-order valence-corrected chi connectivity index (χ1v) is 6.12. The first-order valence-electron chi connectivity index (χ1n) is 6.12. The highest BCUT2D eigenvalue weighted by Gasteiger charge is 2.39. The van der Waals surface area contributed by atoms with Gasteiger partial charge in [-0.3, -0.25) is 4.79 Å². The Hall–Kier alpha value is -1.56. The Morgan fingerprint density at radius 2 is 1.89 bits per heavy atom. The van der Waals surface area contributed by atoms with Crippen LogP contribution in [-0.2, 0) is 6.18 Å². The van der Waals surface area contributed by atoms with E-state index in [4.69, 9.17) is 5.73 Å². The third-order valence-corrected chi connectivity index (χ3v) is 3.42. The maximum Gasteiger partial charge on any atom is 0.417 e. The molecule has 1 saturated heterocycles. The fraction of sp³-hybridized carbons (Fsp3) is 0.462. The van der Waals surface area contributed by atoms with Crippen molar-refractivity contribution in [3.8, 4) is 0 Å². The van der Waals surface area contributed by atoms with Gasteiger partial charge in [0.05, 0.1) is 11.1 Å². The number of hydrogen-bond acceptors (Lipinski definition) is 2. The predicted octanol–water partition coefficient (Wildman–Crippen LogP) is 2.27. The van der Waals surface area contributed by atoms with Crippen LogP contribution in [0, 0.1) is 0 Å². The maximum absolute atomic E-state index is 13.2. The van der Waals surface area contributed by atoms with E-state index in [9.17, 15) is 18.0 Å². The van der Waals surface area contributed by atoms with Crippen LogP contribution in [0.15, 0.2) is 18.2 Å². The average Bonchev–Trinajstić information content (AvgIpc) is 2.38. The van der Waals surface area contributed by atoms with Gasteiger partial charge in [0.1, 0.15) is 0 Å². The van der Waals surface area contributed by atoms with E-state index in [2.05, 4.69) is 5.32 Å². The summed E-state index contributed by atoms with van der Waals surface area (Å²) in [5.74, 6) is -1.22. The van der Waals surface area contributed by atoms with Gasteiger partial charge in [0.15, 0.2) is 0 Å². The predicted molar refractivity (Wildman–Crippen MR) is 64.8 cm³/mol. The molecule has 0 unspecified atom stereocenters. The Morgan fingerprint density at radius 3 is 2.42 bits per heavy atom. The summed E-state index contributed by atoms with van der Waals surface area (Å²) in [5, 5.41) is 3.11. The van der Waals surface area contributed by atoms with Crippen molar-refractivity contribution >= 4 is 5.91 Å². The first kappa shape index (κ1) is 13.9. The molecule has 0 bridgehead atoms. The van der Waals surface area contributed by atoms with Crippen LogP contribution in [0.5, 0.6) is 0 Å². The summed E-state index contributed by atoms with van der Waals surface area (Å²) < 4.78 is 39.6. The van der Waals surface area contributed by atoms with E-state index >= 15 is 0 Å². The van der Waals surface area contributed by atoms with Gasteiger partial charge in [-0.2, -0.15) is 13.2 Å². The number of carbonyl (C=O) groups excluding carboxylic acids is 1. The van der Waals surface area contributed by atoms with Crippen LogP contribution in [-0.4, -0.2) is 19.0 Å². The topological polar surface area (TPSA) is 55.1 Å².